The van der Waals surface area contributed by atoms with E-state index in [1.807, 2.05) is 0 Å². The van der Waals surface area contributed by atoms with Crippen LogP contribution in [0, 0.1) is 11.8 Å². The van der Waals surface area contributed by atoms with E-state index in [2.05, 4.69) is 19.2 Å². The normalized spacial score (nSPS) is 20.3. The Balaban J connectivity index is 1.91. The highest BCUT2D eigenvalue weighted by atomic mass is 32.2. The fourth-order valence-electron chi connectivity index (χ4n) is 3.24. The van der Waals surface area contributed by atoms with Gasteiger partial charge in [-0.3, -0.25) is 4.79 Å². The van der Waals surface area contributed by atoms with E-state index in [9.17, 15) is 13.2 Å². The van der Waals surface area contributed by atoms with E-state index in [-0.39, 0.29) is 18.4 Å². The van der Waals surface area contributed by atoms with Gasteiger partial charge in [0.2, 0.25) is 5.91 Å². The van der Waals surface area contributed by atoms with Crippen LogP contribution in [0.1, 0.15) is 52.4 Å². The minimum absolute atomic E-state index is 0.000952. The largest absolute Gasteiger partial charge is 0.356 e. The number of unbranched alkanes of at least 4 members (excludes halogenated alkanes) is 1. The van der Waals surface area contributed by atoms with Gasteiger partial charge in [0.25, 0.3) is 10.0 Å². The summed E-state index contributed by atoms with van der Waals surface area (Å²) in [6, 6.07) is 3.37. The van der Waals surface area contributed by atoms with Crippen molar-refractivity contribution in [3.63, 3.8) is 0 Å². The molecule has 2 atom stereocenters. The number of thiophene rings is 1. The first-order valence-corrected chi connectivity index (χ1v) is 11.6. The Hall–Kier alpha value is -0.920. The molecular weight excluding hydrogens is 356 g/mol. The molecule has 1 N–H and O–H groups in total. The molecule has 1 aliphatic rings. The van der Waals surface area contributed by atoms with Crippen molar-refractivity contribution in [2.45, 2.75) is 56.6 Å². The topological polar surface area (TPSA) is 66.5 Å². The summed E-state index contributed by atoms with van der Waals surface area (Å²) in [4.78, 5) is 12.5. The second-order valence-corrected chi connectivity index (χ2v) is 9.91. The maximum atomic E-state index is 12.7. The molecule has 2 rings (SSSR count). The van der Waals surface area contributed by atoms with Crippen molar-refractivity contribution >= 4 is 27.3 Å². The Morgan fingerprint density at radius 1 is 1.44 bits per heavy atom. The number of carbonyl (C=O) groups excluding carboxylic acids is 1. The van der Waals surface area contributed by atoms with Gasteiger partial charge in [-0.25, -0.2) is 8.42 Å². The SMILES string of the molecule is CCCC[C@@H](CC)CNC(=O)[C@H]1CCCN(S(=O)(=O)c2cccs2)C1. The van der Waals surface area contributed by atoms with Crippen molar-refractivity contribution in [1.29, 1.82) is 0 Å². The first-order valence-electron chi connectivity index (χ1n) is 9.30. The number of nitrogens with zero attached hydrogens (tertiary/aromatic N) is 1. The monoisotopic (exact) mass is 386 g/mol. The van der Waals surface area contributed by atoms with Crippen LogP contribution in [0.15, 0.2) is 21.7 Å². The van der Waals surface area contributed by atoms with Gasteiger partial charge in [-0.1, -0.05) is 39.2 Å². The summed E-state index contributed by atoms with van der Waals surface area (Å²) < 4.78 is 27.1. The first-order chi connectivity index (χ1) is 12.0. The smallest absolute Gasteiger partial charge is 0.252 e. The first kappa shape index (κ1) is 20.4. The fraction of sp³-hybridized carbons (Fsp3) is 0.722. The molecule has 0 radical (unpaired) electrons. The lowest BCUT2D eigenvalue weighted by molar-refractivity contribution is -0.126. The van der Waals surface area contributed by atoms with Gasteiger partial charge >= 0.3 is 0 Å². The highest BCUT2D eigenvalue weighted by Crippen LogP contribution is 2.26. The molecule has 0 unspecified atom stereocenters. The Bertz CT molecular complexity index is 629. The van der Waals surface area contributed by atoms with Crippen LogP contribution in [0.25, 0.3) is 0 Å². The molecule has 0 spiro atoms. The number of hydrogen-bond donors (Lipinski definition) is 1. The molecule has 0 aliphatic carbocycles. The molecule has 0 saturated carbocycles. The molecule has 1 aromatic rings. The Kier molecular flexibility index (Phi) is 7.90. The summed E-state index contributed by atoms with van der Waals surface area (Å²) in [7, 11) is -3.46. The van der Waals surface area contributed by atoms with Gasteiger partial charge in [-0.2, -0.15) is 4.31 Å². The average Bonchev–Trinajstić information content (AvgIpc) is 3.17. The Labute approximate surface area is 155 Å². The minimum atomic E-state index is -3.46. The molecule has 2 heterocycles. The number of amides is 1. The van der Waals surface area contributed by atoms with Crippen LogP contribution in [-0.4, -0.2) is 38.3 Å². The lowest BCUT2D eigenvalue weighted by Gasteiger charge is -2.31. The number of rotatable bonds is 9. The molecule has 25 heavy (non-hydrogen) atoms. The molecule has 1 fully saturated rings. The summed E-state index contributed by atoms with van der Waals surface area (Å²) in [6.07, 6.45) is 6.04. The Morgan fingerprint density at radius 3 is 2.88 bits per heavy atom. The van der Waals surface area contributed by atoms with Crippen LogP contribution in [0.2, 0.25) is 0 Å². The van der Waals surface area contributed by atoms with Gasteiger partial charge in [0.05, 0.1) is 5.92 Å². The van der Waals surface area contributed by atoms with Crippen LogP contribution in [0.3, 0.4) is 0 Å². The Morgan fingerprint density at radius 2 is 2.24 bits per heavy atom. The van der Waals surface area contributed by atoms with Crippen molar-refractivity contribution in [1.82, 2.24) is 9.62 Å². The number of piperidine rings is 1. The quantitative estimate of drug-likeness (QED) is 0.706. The number of sulfonamides is 1. The molecule has 7 heteroatoms. The summed E-state index contributed by atoms with van der Waals surface area (Å²) in [5.41, 5.74) is 0. The molecule has 0 bridgehead atoms. The van der Waals surface area contributed by atoms with Gasteiger partial charge < -0.3 is 5.32 Å². The van der Waals surface area contributed by atoms with Crippen LogP contribution >= 0.6 is 11.3 Å². The van der Waals surface area contributed by atoms with E-state index in [1.54, 1.807) is 17.5 Å². The maximum Gasteiger partial charge on any atom is 0.252 e. The third-order valence-electron chi connectivity index (χ3n) is 4.95. The molecule has 1 aliphatic heterocycles. The summed E-state index contributed by atoms with van der Waals surface area (Å²) in [6.45, 7) is 5.82. The predicted molar refractivity (Wildman–Crippen MR) is 102 cm³/mol. The van der Waals surface area contributed by atoms with E-state index in [0.717, 1.165) is 25.7 Å². The van der Waals surface area contributed by atoms with E-state index in [1.165, 1.54) is 28.5 Å². The molecule has 5 nitrogen and oxygen atoms in total. The second kappa shape index (κ2) is 9.69. The van der Waals surface area contributed by atoms with Gasteiger partial charge in [0.1, 0.15) is 4.21 Å². The predicted octanol–water partition coefficient (Wildman–Crippen LogP) is 3.48. The van der Waals surface area contributed by atoms with Crippen molar-refractivity contribution in [2.24, 2.45) is 11.8 Å². The standard InChI is InChI=1S/C18H30N2O3S2/c1-3-5-8-15(4-2)13-19-18(21)16-9-6-11-20(14-16)25(22,23)17-10-7-12-24-17/h7,10,12,15-16H,3-6,8-9,11,13-14H2,1-2H3,(H,19,21)/t15-,16+/m1/s1. The zero-order chi connectivity index (χ0) is 18.3. The third-order valence-corrected chi connectivity index (χ3v) is 8.19. The molecular formula is C18H30N2O3S2. The maximum absolute atomic E-state index is 12.7. The number of carbonyl (C=O) groups is 1. The number of nitrogens with one attached hydrogen (secondary N) is 1. The summed E-state index contributed by atoms with van der Waals surface area (Å²) >= 11 is 1.23. The van der Waals surface area contributed by atoms with Crippen LogP contribution in [0.5, 0.6) is 0 Å². The molecule has 142 valence electrons. The van der Waals surface area contributed by atoms with E-state index < -0.39 is 10.0 Å². The van der Waals surface area contributed by atoms with Crippen molar-refractivity contribution in [3.8, 4) is 0 Å². The highest BCUT2D eigenvalue weighted by molar-refractivity contribution is 7.91. The third kappa shape index (κ3) is 5.53. The van der Waals surface area contributed by atoms with Crippen molar-refractivity contribution in [2.75, 3.05) is 19.6 Å². The lowest BCUT2D eigenvalue weighted by atomic mass is 9.96. The van der Waals surface area contributed by atoms with Crippen LogP contribution in [-0.2, 0) is 14.8 Å². The van der Waals surface area contributed by atoms with Crippen molar-refractivity contribution in [3.05, 3.63) is 17.5 Å². The number of hydrogen-bond acceptors (Lipinski definition) is 4. The van der Waals surface area contributed by atoms with Crippen LogP contribution in [0.4, 0.5) is 0 Å². The second-order valence-electron chi connectivity index (χ2n) is 6.80. The molecule has 1 saturated heterocycles. The lowest BCUT2D eigenvalue weighted by Crippen LogP contribution is -2.45. The summed E-state index contributed by atoms with van der Waals surface area (Å²) in [5, 5.41) is 4.83. The highest BCUT2D eigenvalue weighted by Gasteiger charge is 2.33. The summed E-state index contributed by atoms with van der Waals surface area (Å²) in [5.74, 6) is 0.270. The molecule has 1 amide bonds. The van der Waals surface area contributed by atoms with Crippen LogP contribution < -0.4 is 5.32 Å². The van der Waals surface area contributed by atoms with E-state index in [0.29, 0.717) is 23.2 Å². The minimum Gasteiger partial charge on any atom is -0.356 e. The molecule has 1 aromatic heterocycles. The zero-order valence-corrected chi connectivity index (χ0v) is 16.9. The van der Waals surface area contributed by atoms with E-state index in [4.69, 9.17) is 0 Å². The van der Waals surface area contributed by atoms with E-state index >= 15 is 0 Å². The zero-order valence-electron chi connectivity index (χ0n) is 15.2. The van der Waals surface area contributed by atoms with Gasteiger partial charge in [-0.15, -0.1) is 11.3 Å². The van der Waals surface area contributed by atoms with Gasteiger partial charge in [0.15, 0.2) is 0 Å². The average molecular weight is 387 g/mol. The van der Waals surface area contributed by atoms with Gasteiger partial charge in [0, 0.05) is 19.6 Å². The van der Waals surface area contributed by atoms with Crippen molar-refractivity contribution < 1.29 is 13.2 Å². The molecule has 0 aromatic carbocycles. The van der Waals surface area contributed by atoms with Gasteiger partial charge in [-0.05, 0) is 36.6 Å². The fourth-order valence-corrected chi connectivity index (χ4v) is 5.91.